The van der Waals surface area contributed by atoms with Crippen LogP contribution in [0.2, 0.25) is 0 Å². The Hall–Kier alpha value is -3.27. The van der Waals surface area contributed by atoms with Crippen molar-refractivity contribution in [3.05, 3.63) is 54.6 Å². The number of sulfonamides is 1. The molecular formula is C16H15N7O2S. The fraction of sp³-hybridized carbons (Fsp3) is 0.125. The Morgan fingerprint density at radius 3 is 2.65 bits per heavy atom. The van der Waals surface area contributed by atoms with Crippen molar-refractivity contribution in [2.24, 2.45) is 7.05 Å². The van der Waals surface area contributed by atoms with E-state index in [9.17, 15) is 8.42 Å². The van der Waals surface area contributed by atoms with E-state index in [-0.39, 0.29) is 4.90 Å². The van der Waals surface area contributed by atoms with Gasteiger partial charge in [-0.2, -0.15) is 5.10 Å². The highest BCUT2D eigenvalue weighted by molar-refractivity contribution is 7.92. The van der Waals surface area contributed by atoms with Gasteiger partial charge >= 0.3 is 0 Å². The van der Waals surface area contributed by atoms with Gasteiger partial charge in [0.15, 0.2) is 5.82 Å². The molecule has 3 aromatic heterocycles. The average Bonchev–Trinajstić information content (AvgIpc) is 3.22. The number of aromatic nitrogens is 6. The normalized spacial score (nSPS) is 11.8. The van der Waals surface area contributed by atoms with Crippen molar-refractivity contribution in [1.29, 1.82) is 0 Å². The van der Waals surface area contributed by atoms with Crippen LogP contribution >= 0.6 is 0 Å². The minimum Gasteiger partial charge on any atom is -0.277 e. The Morgan fingerprint density at radius 1 is 1.12 bits per heavy atom. The molecule has 0 saturated carbocycles. The molecule has 0 radical (unpaired) electrons. The van der Waals surface area contributed by atoms with Crippen molar-refractivity contribution in [2.45, 2.75) is 11.8 Å². The van der Waals surface area contributed by atoms with Crippen LogP contribution in [-0.2, 0) is 17.1 Å². The summed E-state index contributed by atoms with van der Waals surface area (Å²) in [7, 11) is -2.03. The van der Waals surface area contributed by atoms with Gasteiger partial charge in [0.25, 0.3) is 10.0 Å². The SMILES string of the molecule is Cc1cn(-c2ccc(S(=O)(=O)Nc3cccc4cnn(C)c34)cn2)nn1. The number of benzene rings is 1. The summed E-state index contributed by atoms with van der Waals surface area (Å²) in [5, 5.41) is 12.8. The Labute approximate surface area is 149 Å². The summed E-state index contributed by atoms with van der Waals surface area (Å²) in [6.07, 6.45) is 4.68. The summed E-state index contributed by atoms with van der Waals surface area (Å²) in [6.45, 7) is 1.81. The highest BCUT2D eigenvalue weighted by atomic mass is 32.2. The molecule has 0 unspecified atom stereocenters. The number of hydrogen-bond acceptors (Lipinski definition) is 6. The number of aryl methyl sites for hydroxylation is 2. The molecule has 0 fully saturated rings. The van der Waals surface area contributed by atoms with Gasteiger partial charge in [0.1, 0.15) is 4.90 Å². The summed E-state index contributed by atoms with van der Waals surface area (Å²) < 4.78 is 31.1. The molecule has 0 atom stereocenters. The predicted molar refractivity (Wildman–Crippen MR) is 95.4 cm³/mol. The van der Waals surface area contributed by atoms with Gasteiger partial charge in [0.05, 0.1) is 29.3 Å². The highest BCUT2D eigenvalue weighted by Gasteiger charge is 2.17. The lowest BCUT2D eigenvalue weighted by atomic mass is 10.2. The summed E-state index contributed by atoms with van der Waals surface area (Å²) in [6, 6.07) is 8.40. The topological polar surface area (TPSA) is 108 Å². The number of pyridine rings is 1. The molecule has 1 N–H and O–H groups in total. The zero-order chi connectivity index (χ0) is 18.3. The largest absolute Gasteiger partial charge is 0.277 e. The molecule has 1 aromatic carbocycles. The Morgan fingerprint density at radius 2 is 1.96 bits per heavy atom. The number of para-hydroxylation sites is 1. The van der Waals surface area contributed by atoms with Crippen LogP contribution in [-0.4, -0.2) is 38.2 Å². The van der Waals surface area contributed by atoms with Crippen molar-refractivity contribution in [3.63, 3.8) is 0 Å². The van der Waals surface area contributed by atoms with Crippen LogP contribution < -0.4 is 4.72 Å². The van der Waals surface area contributed by atoms with Gasteiger partial charge in [-0.05, 0) is 25.1 Å². The van der Waals surface area contributed by atoms with Crippen LogP contribution in [0.4, 0.5) is 5.69 Å². The highest BCUT2D eigenvalue weighted by Crippen LogP contribution is 2.25. The third-order valence-corrected chi connectivity index (χ3v) is 5.23. The fourth-order valence-electron chi connectivity index (χ4n) is 2.65. The minimum absolute atomic E-state index is 0.0530. The molecule has 0 bridgehead atoms. The van der Waals surface area contributed by atoms with E-state index in [1.165, 1.54) is 16.9 Å². The van der Waals surface area contributed by atoms with Crippen LogP contribution in [0.5, 0.6) is 0 Å². The molecule has 0 aliphatic carbocycles. The van der Waals surface area contributed by atoms with Crippen molar-refractivity contribution >= 4 is 26.6 Å². The van der Waals surface area contributed by atoms with Crippen molar-refractivity contribution < 1.29 is 8.42 Å². The molecule has 0 amide bonds. The van der Waals surface area contributed by atoms with Crippen molar-refractivity contribution in [1.82, 2.24) is 29.8 Å². The summed E-state index contributed by atoms with van der Waals surface area (Å²) >= 11 is 0. The van der Waals surface area contributed by atoms with E-state index in [0.717, 1.165) is 11.1 Å². The van der Waals surface area contributed by atoms with Crippen LogP contribution in [0.3, 0.4) is 0 Å². The minimum atomic E-state index is -3.79. The van der Waals surface area contributed by atoms with E-state index < -0.39 is 10.0 Å². The molecule has 9 nitrogen and oxygen atoms in total. The smallest absolute Gasteiger partial charge is 0.263 e. The van der Waals surface area contributed by atoms with Crippen LogP contribution in [0.1, 0.15) is 5.69 Å². The number of hydrogen-bond donors (Lipinski definition) is 1. The number of rotatable bonds is 4. The quantitative estimate of drug-likeness (QED) is 0.586. The first kappa shape index (κ1) is 16.2. The second kappa shape index (κ2) is 5.92. The van der Waals surface area contributed by atoms with E-state index in [0.29, 0.717) is 17.0 Å². The Bertz CT molecular complexity index is 1190. The second-order valence-corrected chi connectivity index (χ2v) is 7.46. The van der Waals surface area contributed by atoms with Crippen LogP contribution in [0.15, 0.2) is 53.8 Å². The first-order valence-electron chi connectivity index (χ1n) is 7.73. The van der Waals surface area contributed by atoms with Gasteiger partial charge in [-0.1, -0.05) is 17.3 Å². The molecule has 132 valence electrons. The van der Waals surface area contributed by atoms with E-state index in [4.69, 9.17) is 0 Å². The molecular weight excluding hydrogens is 354 g/mol. The number of nitrogens with one attached hydrogen (secondary N) is 1. The van der Waals surface area contributed by atoms with Gasteiger partial charge in [-0.3, -0.25) is 9.40 Å². The summed E-state index contributed by atoms with van der Waals surface area (Å²) in [5.41, 5.74) is 1.91. The third kappa shape index (κ3) is 2.80. The van der Waals surface area contributed by atoms with Crippen molar-refractivity contribution in [3.8, 4) is 5.82 Å². The lowest BCUT2D eigenvalue weighted by molar-refractivity contribution is 0.600. The zero-order valence-corrected chi connectivity index (χ0v) is 14.8. The van der Waals surface area contributed by atoms with Gasteiger partial charge in [0, 0.05) is 18.6 Å². The van der Waals surface area contributed by atoms with E-state index in [1.54, 1.807) is 42.3 Å². The number of nitrogens with zero attached hydrogens (tertiary/aromatic N) is 6. The third-order valence-electron chi connectivity index (χ3n) is 3.88. The Balaban J connectivity index is 1.67. The van der Waals surface area contributed by atoms with Crippen molar-refractivity contribution in [2.75, 3.05) is 4.72 Å². The lowest BCUT2D eigenvalue weighted by Crippen LogP contribution is -2.14. The maximum atomic E-state index is 12.7. The Kier molecular flexibility index (Phi) is 3.69. The number of anilines is 1. The van der Waals surface area contributed by atoms with Gasteiger partial charge < -0.3 is 0 Å². The molecule has 0 saturated heterocycles. The number of fused-ring (bicyclic) bond motifs is 1. The van der Waals surface area contributed by atoms with Gasteiger partial charge in [0.2, 0.25) is 0 Å². The molecule has 4 rings (SSSR count). The molecule has 10 heteroatoms. The maximum absolute atomic E-state index is 12.7. The molecule has 26 heavy (non-hydrogen) atoms. The first-order valence-corrected chi connectivity index (χ1v) is 9.21. The average molecular weight is 369 g/mol. The predicted octanol–water partition coefficient (Wildman–Crippen LogP) is 1.66. The molecule has 3 heterocycles. The van der Waals surface area contributed by atoms with Crippen LogP contribution in [0, 0.1) is 6.92 Å². The zero-order valence-electron chi connectivity index (χ0n) is 14.0. The van der Waals surface area contributed by atoms with Crippen LogP contribution in [0.25, 0.3) is 16.7 Å². The maximum Gasteiger partial charge on any atom is 0.263 e. The molecule has 0 aliphatic rings. The molecule has 0 spiro atoms. The fourth-order valence-corrected chi connectivity index (χ4v) is 3.66. The summed E-state index contributed by atoms with van der Waals surface area (Å²) in [5.74, 6) is 0.485. The monoisotopic (exact) mass is 369 g/mol. The molecule has 4 aromatic rings. The lowest BCUT2D eigenvalue weighted by Gasteiger charge is -2.10. The van der Waals surface area contributed by atoms with E-state index in [2.05, 4.69) is 25.1 Å². The van der Waals surface area contributed by atoms with Gasteiger partial charge in [-0.25, -0.2) is 18.1 Å². The standard InChI is InChI=1S/C16H15N7O2S/c1-11-10-23(21-19-11)15-7-6-13(9-17-15)26(24,25)20-14-5-3-4-12-8-18-22(2)16(12)14/h3-10,20H,1-2H3. The molecule has 0 aliphatic heterocycles. The van der Waals surface area contributed by atoms with E-state index in [1.807, 2.05) is 13.0 Å². The first-order chi connectivity index (χ1) is 12.4. The van der Waals surface area contributed by atoms with E-state index >= 15 is 0 Å². The second-order valence-electron chi connectivity index (χ2n) is 5.77. The van der Waals surface area contributed by atoms with Gasteiger partial charge in [-0.15, -0.1) is 5.10 Å². The summed E-state index contributed by atoms with van der Waals surface area (Å²) in [4.78, 5) is 4.22.